The topological polar surface area (TPSA) is 169 Å². The van der Waals surface area contributed by atoms with Crippen molar-refractivity contribution in [3.8, 4) is 17.2 Å². The van der Waals surface area contributed by atoms with Crippen LogP contribution in [0.5, 0.6) is 17.2 Å². The molecule has 7 aromatic carbocycles. The Morgan fingerprint density at radius 3 is 1.12 bits per heavy atom. The van der Waals surface area contributed by atoms with Gasteiger partial charge in [0.15, 0.2) is 0 Å². The fourth-order valence-electron chi connectivity index (χ4n) is 16.2. The number of H-pyrrole nitrogens is 3. The largest absolute Gasteiger partial charge is 0.494 e. The molecule has 4 saturated heterocycles. The number of nitrogens with zero attached hydrogens (tertiary/aromatic N) is 5. The number of likely N-dealkylation sites (tertiary alicyclic amines) is 3. The lowest BCUT2D eigenvalue weighted by Crippen LogP contribution is -2.49. The number of halogens is 3. The highest BCUT2D eigenvalue weighted by Crippen LogP contribution is 2.35. The molecule has 19 heteroatoms. The van der Waals surface area contributed by atoms with Crippen molar-refractivity contribution < 1.29 is 38.1 Å². The molecule has 16 nitrogen and oxygen atoms in total. The number of hydrogen-bond acceptors (Lipinski definition) is 10. The zero-order valence-electron chi connectivity index (χ0n) is 65.7. The van der Waals surface area contributed by atoms with Crippen molar-refractivity contribution in [2.45, 2.75) is 164 Å². The van der Waals surface area contributed by atoms with Crippen LogP contribution in [0.4, 0.5) is 5.69 Å². The Morgan fingerprint density at radius 1 is 0.418 bits per heavy atom. The molecule has 4 aliphatic heterocycles. The van der Waals surface area contributed by atoms with Crippen LogP contribution in [0.1, 0.15) is 173 Å². The summed E-state index contributed by atoms with van der Waals surface area (Å²) in [5.41, 5.74) is 15.2. The van der Waals surface area contributed by atoms with Crippen LogP contribution in [0, 0.1) is 47.5 Å². The van der Waals surface area contributed by atoms with E-state index in [2.05, 4.69) is 78.2 Å². The zero-order valence-corrected chi connectivity index (χ0v) is 67.9. The summed E-state index contributed by atoms with van der Waals surface area (Å²) in [6, 6.07) is 47.4. The molecule has 3 aromatic heterocycles. The number of carbonyl (C=O) groups excluding carboxylic acids is 4. The number of aromatic amines is 3. The second-order valence-corrected chi connectivity index (χ2v) is 32.4. The summed E-state index contributed by atoms with van der Waals surface area (Å²) in [5.74, 6) is 2.83. The second-order valence-electron chi connectivity index (χ2n) is 31.3. The first-order valence-electron chi connectivity index (χ1n) is 39.6. The number of aryl methyl sites for hydroxylation is 9. The van der Waals surface area contributed by atoms with Crippen molar-refractivity contribution in [1.29, 1.82) is 0 Å². The van der Waals surface area contributed by atoms with Crippen molar-refractivity contribution in [3.05, 3.63) is 222 Å². The molecule has 7 heterocycles. The molecule has 0 aliphatic carbocycles. The molecule has 3 amide bonds. The van der Waals surface area contributed by atoms with Gasteiger partial charge in [-0.25, -0.2) is 0 Å². The number of piperazine rings is 1. The SMILES string of the molecule is Cc1cc(OCCCc2c(C(=O)N3CCC(CC(=O)OC(C)(C)C)CC3)[nH]c3ccccc23)cc(C)c1Cl.Cc1cc(OCCCc2c(C(=O)N3CCC(N4CCCCC4)CC3)[nH]c3ccccc23)cc(C)c1Cl.Cc1cc(OCCCc2c(C(=O)N3CCN(c4ccccc4)CC3)[nH]c3ccccc23)cc(C)c1Cl. The third-order valence-corrected chi connectivity index (χ3v) is 23.7. The van der Waals surface area contributed by atoms with E-state index in [1.54, 1.807) is 0 Å². The van der Waals surface area contributed by atoms with E-state index in [-0.39, 0.29) is 29.6 Å². The lowest BCUT2D eigenvalue weighted by atomic mass is 9.93. The molecule has 4 aliphatic rings. The number of piperidine rings is 3. The van der Waals surface area contributed by atoms with E-state index in [9.17, 15) is 19.2 Å². The maximum Gasteiger partial charge on any atom is 0.306 e. The molecule has 14 rings (SSSR count). The third-order valence-electron chi connectivity index (χ3n) is 22.0. The molecule has 0 spiro atoms. The Balaban J connectivity index is 0.000000154. The molecule has 0 saturated carbocycles. The van der Waals surface area contributed by atoms with Gasteiger partial charge >= 0.3 is 5.97 Å². The maximum absolute atomic E-state index is 13.7. The highest BCUT2D eigenvalue weighted by atomic mass is 35.5. The van der Waals surface area contributed by atoms with Gasteiger partial charge in [-0.1, -0.05) is 114 Å². The monoisotopic (exact) mass is 1550 g/mol. The smallest absolute Gasteiger partial charge is 0.306 e. The molecule has 0 bridgehead atoms. The van der Waals surface area contributed by atoms with Gasteiger partial charge in [-0.05, 0) is 275 Å². The number of nitrogens with one attached hydrogen (secondary N) is 3. The van der Waals surface area contributed by atoms with Crippen molar-refractivity contribution in [1.82, 2.24) is 34.6 Å². The van der Waals surface area contributed by atoms with Crippen molar-refractivity contribution in [2.75, 3.05) is 90.2 Å². The number of hydrogen-bond donors (Lipinski definition) is 3. The Morgan fingerprint density at radius 2 is 0.755 bits per heavy atom. The summed E-state index contributed by atoms with van der Waals surface area (Å²) in [6.45, 7) is 27.8. The minimum Gasteiger partial charge on any atom is -0.494 e. The van der Waals surface area contributed by atoms with E-state index < -0.39 is 5.60 Å². The third kappa shape index (κ3) is 20.4. The molecule has 110 heavy (non-hydrogen) atoms. The molecule has 0 atom stereocenters. The number of amides is 3. The van der Waals surface area contributed by atoms with Crippen LogP contribution < -0.4 is 19.1 Å². The molecule has 582 valence electrons. The minimum absolute atomic E-state index is 0.0248. The first kappa shape index (κ1) is 80.6. The van der Waals surface area contributed by atoms with E-state index in [4.69, 9.17) is 53.8 Å². The summed E-state index contributed by atoms with van der Waals surface area (Å²) in [5, 5.41) is 5.68. The molecular weight excluding hydrogens is 1440 g/mol. The van der Waals surface area contributed by atoms with Crippen LogP contribution in [0.25, 0.3) is 32.7 Å². The molecule has 10 aromatic rings. The van der Waals surface area contributed by atoms with Crippen LogP contribution >= 0.6 is 34.8 Å². The van der Waals surface area contributed by atoms with Gasteiger partial charge in [-0.2, -0.15) is 0 Å². The number of para-hydroxylation sites is 4. The average Bonchev–Trinajstić information content (AvgIpc) is 1.64. The summed E-state index contributed by atoms with van der Waals surface area (Å²) in [4.78, 5) is 74.4. The first-order chi connectivity index (χ1) is 53.0. The zero-order chi connectivity index (χ0) is 77.6. The minimum atomic E-state index is -0.475. The predicted octanol–water partition coefficient (Wildman–Crippen LogP) is 20.0. The Labute approximate surface area is 664 Å². The number of anilines is 1. The molecule has 3 N–H and O–H groups in total. The van der Waals surface area contributed by atoms with Crippen LogP contribution in [-0.2, 0) is 28.8 Å². The quantitative estimate of drug-likeness (QED) is 0.0439. The molecular formula is C91H109Cl3N8O8. The summed E-state index contributed by atoms with van der Waals surface area (Å²) in [6.07, 6.45) is 12.9. The lowest BCUT2D eigenvalue weighted by molar-refractivity contribution is -0.156. The summed E-state index contributed by atoms with van der Waals surface area (Å²) in [7, 11) is 0. The highest BCUT2D eigenvalue weighted by Gasteiger charge is 2.33. The predicted molar refractivity (Wildman–Crippen MR) is 447 cm³/mol. The molecule has 0 unspecified atom stereocenters. The summed E-state index contributed by atoms with van der Waals surface area (Å²) < 4.78 is 23.6. The first-order valence-corrected chi connectivity index (χ1v) is 40.8. The lowest BCUT2D eigenvalue weighted by Gasteiger charge is -2.40. The number of esters is 1. The van der Waals surface area contributed by atoms with Gasteiger partial charge in [0.05, 0.1) is 19.8 Å². The van der Waals surface area contributed by atoms with Gasteiger partial charge < -0.3 is 58.4 Å². The average molecular weight is 1550 g/mol. The van der Waals surface area contributed by atoms with Gasteiger partial charge in [0.2, 0.25) is 0 Å². The van der Waals surface area contributed by atoms with Gasteiger partial charge in [-0.3, -0.25) is 19.2 Å². The number of fused-ring (bicyclic) bond motifs is 3. The number of benzene rings is 7. The number of rotatable bonds is 22. The van der Waals surface area contributed by atoms with Crippen LogP contribution in [0.3, 0.4) is 0 Å². The van der Waals surface area contributed by atoms with E-state index in [0.717, 1.165) is 211 Å². The van der Waals surface area contributed by atoms with E-state index in [1.165, 1.54) is 38.0 Å². The fraction of sp³-hybridized carbons (Fsp3) is 0.429. The maximum atomic E-state index is 13.7. The normalized spacial score (nSPS) is 15.3. The molecule has 4 fully saturated rings. The number of ether oxygens (including phenoxy) is 4. The van der Waals surface area contributed by atoms with Crippen LogP contribution in [0.15, 0.2) is 140 Å². The Kier molecular flexibility index (Phi) is 27.4. The van der Waals surface area contributed by atoms with E-state index in [0.29, 0.717) is 69.9 Å². The van der Waals surface area contributed by atoms with Crippen molar-refractivity contribution in [3.63, 3.8) is 0 Å². The van der Waals surface area contributed by atoms with Gasteiger partial charge in [0.25, 0.3) is 17.7 Å². The van der Waals surface area contributed by atoms with Crippen LogP contribution in [0.2, 0.25) is 15.1 Å². The van der Waals surface area contributed by atoms with Gasteiger partial charge in [-0.15, -0.1) is 0 Å². The number of carbonyl (C=O) groups is 4. The molecule has 0 radical (unpaired) electrons. The van der Waals surface area contributed by atoms with Gasteiger partial charge in [0.1, 0.15) is 39.9 Å². The number of aromatic nitrogens is 3. The Hall–Kier alpha value is -8.93. The van der Waals surface area contributed by atoms with Gasteiger partial charge in [0, 0.05) is 118 Å². The second kappa shape index (κ2) is 37.4. The van der Waals surface area contributed by atoms with E-state index in [1.807, 2.05) is 163 Å². The highest BCUT2D eigenvalue weighted by molar-refractivity contribution is 6.32. The standard InChI is InChI=1S/C31H39ClN2O4.C30H38ClN3O2.C30H32ClN3O2/c1-20-17-23(18-21(2)28(20)32)37-16-8-10-25-24-9-6-7-11-26(24)33-29(25)30(36)34-14-12-22(13-15-34)19-27(35)38-31(3,4)5;1-21-19-24(20-22(2)28(21)31)36-18-8-10-26-25-9-4-5-11-27(25)32-29(26)30(35)34-16-12-23(13-17-34)33-14-6-3-7-15-33;1-21-19-24(20-22(2)28(21)31)36-18-8-12-26-25-11-6-7-13-27(25)32-29(26)30(35)34-16-14-33(15-17-34)23-9-4-3-5-10-23/h6-7,9,11,17-18,22,33H,8,10,12-16,19H2,1-5H3;4-5,9,11,19-20,23,32H,3,6-8,10,12-18H2,1-2H3;3-7,9-11,13,19-20,32H,8,12,14-18H2,1-2H3. The fourth-order valence-corrected chi connectivity index (χ4v) is 16.5. The van der Waals surface area contributed by atoms with Crippen molar-refractivity contribution >= 4 is 96.9 Å². The van der Waals surface area contributed by atoms with E-state index >= 15 is 0 Å². The van der Waals surface area contributed by atoms with Crippen LogP contribution in [-0.4, -0.2) is 155 Å². The van der Waals surface area contributed by atoms with Crippen molar-refractivity contribution in [2.24, 2.45) is 5.92 Å². The summed E-state index contributed by atoms with van der Waals surface area (Å²) >= 11 is 18.9. The Bertz CT molecular complexity index is 4750.